The van der Waals surface area contributed by atoms with E-state index in [9.17, 15) is 4.79 Å². The van der Waals surface area contributed by atoms with Gasteiger partial charge in [-0.25, -0.2) is 0 Å². The van der Waals surface area contributed by atoms with Crippen LogP contribution in [0.2, 0.25) is 5.02 Å². The Kier molecular flexibility index (Phi) is 4.82. The predicted molar refractivity (Wildman–Crippen MR) is 113 cm³/mol. The summed E-state index contributed by atoms with van der Waals surface area (Å²) in [4.78, 5) is 13.8. The first kappa shape index (κ1) is 17.7. The Bertz CT molecular complexity index is 1080. The number of hydrogen-bond acceptors (Lipinski definition) is 4. The van der Waals surface area contributed by atoms with E-state index in [0.29, 0.717) is 6.61 Å². The number of aryl methyl sites for hydroxylation is 2. The Hall–Kier alpha value is -1.75. The fourth-order valence-corrected chi connectivity index (χ4v) is 5.51. The molecule has 0 aliphatic carbocycles. The summed E-state index contributed by atoms with van der Waals surface area (Å²) in [7, 11) is 0. The van der Waals surface area contributed by atoms with Gasteiger partial charge in [0.05, 0.1) is 5.56 Å². The van der Waals surface area contributed by atoms with Crippen LogP contribution in [0, 0.1) is 13.8 Å². The molecule has 1 aromatic heterocycles. The molecule has 0 bridgehead atoms. The van der Waals surface area contributed by atoms with Crippen LogP contribution in [0.3, 0.4) is 0 Å². The molecular weight excluding hydrogens is 384 g/mol. The Labute approximate surface area is 165 Å². The minimum absolute atomic E-state index is 0.101. The van der Waals surface area contributed by atoms with Crippen LogP contribution in [0.5, 0.6) is 5.75 Å². The smallest absolute Gasteiger partial charge is 0.241 e. The average molecular weight is 401 g/mol. The summed E-state index contributed by atoms with van der Waals surface area (Å²) in [6.07, 6.45) is 2.10. The van der Waals surface area contributed by atoms with Gasteiger partial charge >= 0.3 is 0 Å². The summed E-state index contributed by atoms with van der Waals surface area (Å²) in [6, 6.07) is 12.0. The zero-order valence-electron chi connectivity index (χ0n) is 14.5. The predicted octanol–water partition coefficient (Wildman–Crippen LogP) is 6.10. The van der Waals surface area contributed by atoms with Gasteiger partial charge in [-0.2, -0.15) is 0 Å². The fraction of sp³-hybridized carbons (Fsp3) is 0.190. The lowest BCUT2D eigenvalue weighted by atomic mass is 10.1. The lowest BCUT2D eigenvalue weighted by molar-refractivity contribution is 0.369. The Morgan fingerprint density at radius 1 is 1.15 bits per heavy atom. The summed E-state index contributed by atoms with van der Waals surface area (Å²) in [5.41, 5.74) is 3.75. The lowest BCUT2D eigenvalue weighted by Gasteiger charge is -2.19. The molecule has 0 N–H and O–H groups in total. The van der Waals surface area contributed by atoms with Crippen LogP contribution in [0.15, 0.2) is 52.2 Å². The van der Waals surface area contributed by atoms with E-state index >= 15 is 0 Å². The van der Waals surface area contributed by atoms with E-state index in [1.165, 1.54) is 11.3 Å². The topological polar surface area (TPSA) is 26.3 Å². The Balaban J connectivity index is 1.69. The molecule has 0 unspecified atom stereocenters. The van der Waals surface area contributed by atoms with Crippen molar-refractivity contribution in [3.63, 3.8) is 0 Å². The van der Waals surface area contributed by atoms with E-state index < -0.39 is 0 Å². The van der Waals surface area contributed by atoms with Gasteiger partial charge in [-0.1, -0.05) is 47.2 Å². The second-order valence-electron chi connectivity index (χ2n) is 6.29. The van der Waals surface area contributed by atoms with Crippen molar-refractivity contribution in [1.82, 2.24) is 0 Å². The second kappa shape index (κ2) is 7.10. The number of ether oxygens (including phenoxy) is 1. The molecule has 0 spiro atoms. The van der Waals surface area contributed by atoms with E-state index in [4.69, 9.17) is 16.3 Å². The van der Waals surface area contributed by atoms with Crippen molar-refractivity contribution in [3.05, 3.63) is 73.7 Å². The third-order valence-corrected chi connectivity index (χ3v) is 7.06. The van der Waals surface area contributed by atoms with Gasteiger partial charge in [0.2, 0.25) is 4.74 Å². The van der Waals surface area contributed by atoms with Crippen LogP contribution >= 0.6 is 34.7 Å². The molecule has 0 fully saturated rings. The van der Waals surface area contributed by atoms with Crippen LogP contribution in [0.1, 0.15) is 16.7 Å². The molecule has 132 valence electrons. The van der Waals surface area contributed by atoms with Crippen molar-refractivity contribution in [1.29, 1.82) is 0 Å². The summed E-state index contributed by atoms with van der Waals surface area (Å²) >= 11 is 9.26. The molecule has 0 radical (unpaired) electrons. The van der Waals surface area contributed by atoms with Crippen LogP contribution in [-0.4, -0.2) is 12.4 Å². The molecule has 2 heterocycles. The fourth-order valence-electron chi connectivity index (χ4n) is 3.16. The average Bonchev–Trinajstić information content (AvgIpc) is 2.64. The number of benzene rings is 2. The largest absolute Gasteiger partial charge is 0.489 e. The van der Waals surface area contributed by atoms with Gasteiger partial charge in [-0.15, -0.1) is 11.8 Å². The van der Waals surface area contributed by atoms with Crippen molar-refractivity contribution < 1.29 is 4.74 Å². The molecule has 2 nitrogen and oxygen atoms in total. The maximum atomic E-state index is 12.7. The van der Waals surface area contributed by atoms with Crippen LogP contribution in [-0.2, 0) is 0 Å². The molecule has 0 atom stereocenters. The molecule has 4 rings (SSSR count). The molecule has 0 amide bonds. The van der Waals surface area contributed by atoms with Gasteiger partial charge in [0.25, 0.3) is 0 Å². The highest BCUT2D eigenvalue weighted by Gasteiger charge is 2.20. The van der Waals surface area contributed by atoms with Gasteiger partial charge in [0.15, 0.2) is 0 Å². The third kappa shape index (κ3) is 3.18. The SMILES string of the molecule is Cc1cc(OCC2=CCSc3c2c(=O)sc2ccccc32)cc(C)c1Cl. The van der Waals surface area contributed by atoms with E-state index in [0.717, 1.165) is 53.8 Å². The minimum atomic E-state index is 0.101. The molecular formula is C21H17ClO2S2. The van der Waals surface area contributed by atoms with E-state index in [1.54, 1.807) is 11.8 Å². The van der Waals surface area contributed by atoms with Crippen molar-refractivity contribution >= 4 is 50.4 Å². The van der Waals surface area contributed by atoms with Gasteiger partial charge < -0.3 is 4.74 Å². The highest BCUT2D eigenvalue weighted by Crippen LogP contribution is 2.38. The number of fused-ring (bicyclic) bond motifs is 3. The van der Waals surface area contributed by atoms with Crippen molar-refractivity contribution in [2.45, 2.75) is 18.7 Å². The third-order valence-electron chi connectivity index (χ3n) is 4.45. The first-order valence-electron chi connectivity index (χ1n) is 8.32. The number of rotatable bonds is 3. The summed E-state index contributed by atoms with van der Waals surface area (Å²) in [5.74, 6) is 1.63. The standard InChI is InChI=1S/C21H17ClO2S2/c1-12-9-15(10-13(2)19(12)22)24-11-14-7-8-25-20-16-5-3-4-6-17(16)26-21(23)18(14)20/h3-7,9-10H,8,11H2,1-2H3. The van der Waals surface area contributed by atoms with Crippen LogP contribution in [0.4, 0.5) is 0 Å². The molecule has 0 saturated carbocycles. The van der Waals surface area contributed by atoms with Crippen LogP contribution < -0.4 is 9.48 Å². The summed E-state index contributed by atoms with van der Waals surface area (Å²) < 4.78 is 7.15. The van der Waals surface area contributed by atoms with Gasteiger partial charge in [-0.3, -0.25) is 4.79 Å². The van der Waals surface area contributed by atoms with E-state index in [-0.39, 0.29) is 4.74 Å². The lowest BCUT2D eigenvalue weighted by Crippen LogP contribution is -2.14. The van der Waals surface area contributed by atoms with Gasteiger partial charge in [-0.05, 0) is 48.7 Å². The van der Waals surface area contributed by atoms with Gasteiger partial charge in [0, 0.05) is 25.8 Å². The zero-order chi connectivity index (χ0) is 18.3. The summed E-state index contributed by atoms with van der Waals surface area (Å²) in [5, 5.41) is 1.92. The second-order valence-corrected chi connectivity index (χ2v) is 8.71. The van der Waals surface area contributed by atoms with Crippen molar-refractivity contribution in [2.24, 2.45) is 0 Å². The number of thioether (sulfide) groups is 1. The first-order chi connectivity index (χ1) is 12.5. The minimum Gasteiger partial charge on any atom is -0.489 e. The molecule has 1 aliphatic rings. The molecule has 2 aromatic carbocycles. The molecule has 5 heteroatoms. The number of hydrogen-bond donors (Lipinski definition) is 0. The van der Waals surface area contributed by atoms with Crippen molar-refractivity contribution in [3.8, 4) is 5.75 Å². The first-order valence-corrected chi connectivity index (χ1v) is 10.5. The zero-order valence-corrected chi connectivity index (χ0v) is 16.9. The Morgan fingerprint density at radius 3 is 2.65 bits per heavy atom. The maximum absolute atomic E-state index is 12.7. The summed E-state index contributed by atoms with van der Waals surface area (Å²) in [6.45, 7) is 4.32. The molecule has 0 saturated heterocycles. The molecule has 26 heavy (non-hydrogen) atoms. The van der Waals surface area contributed by atoms with E-state index in [2.05, 4.69) is 12.1 Å². The van der Waals surface area contributed by atoms with Gasteiger partial charge in [0.1, 0.15) is 12.4 Å². The quantitative estimate of drug-likeness (QED) is 0.531. The maximum Gasteiger partial charge on any atom is 0.241 e. The monoisotopic (exact) mass is 400 g/mol. The molecule has 1 aliphatic heterocycles. The number of halogens is 1. The highest BCUT2D eigenvalue weighted by atomic mass is 35.5. The normalized spacial score (nSPS) is 13.4. The highest BCUT2D eigenvalue weighted by molar-refractivity contribution is 7.99. The Morgan fingerprint density at radius 2 is 1.88 bits per heavy atom. The van der Waals surface area contributed by atoms with E-state index in [1.807, 2.05) is 44.2 Å². The molecule has 3 aromatic rings. The van der Waals surface area contributed by atoms with Crippen LogP contribution in [0.25, 0.3) is 15.7 Å². The van der Waals surface area contributed by atoms with Crippen molar-refractivity contribution in [2.75, 3.05) is 12.4 Å².